The normalized spacial score (nSPS) is 12.2. The Morgan fingerprint density at radius 2 is 2.11 bits per heavy atom. The van der Waals surface area contributed by atoms with Gasteiger partial charge >= 0.3 is 0 Å². The van der Waals surface area contributed by atoms with Gasteiger partial charge in [-0.2, -0.15) is 0 Å². The quantitative estimate of drug-likeness (QED) is 0.379. The summed E-state index contributed by atoms with van der Waals surface area (Å²) in [4.78, 5) is 10.4. The first-order valence-corrected chi connectivity index (χ1v) is 7.44. The van der Waals surface area contributed by atoms with E-state index in [9.17, 15) is 10.1 Å². The highest BCUT2D eigenvalue weighted by molar-refractivity contribution is 9.10. The van der Waals surface area contributed by atoms with Gasteiger partial charge in [0.15, 0.2) is 0 Å². The summed E-state index contributed by atoms with van der Waals surface area (Å²) >= 11 is 3.16. The molecule has 1 atom stereocenters. The summed E-state index contributed by atoms with van der Waals surface area (Å²) in [6.45, 7) is 4.18. The Morgan fingerprint density at radius 3 is 2.74 bits per heavy atom. The Morgan fingerprint density at radius 1 is 1.37 bits per heavy atom. The third-order valence-corrected chi connectivity index (χ3v) is 3.59. The number of nitro benzene ring substituents is 1. The fraction of sp³-hybridized carbons (Fsp3) is 0.571. The molecule has 0 saturated heterocycles. The summed E-state index contributed by atoms with van der Waals surface area (Å²) in [6, 6.07) is 4.86. The lowest BCUT2D eigenvalue weighted by molar-refractivity contribution is -0.385. The van der Waals surface area contributed by atoms with Crippen LogP contribution in [0, 0.1) is 10.1 Å². The largest absolute Gasteiger partial charge is 0.490 e. The molecule has 0 unspecified atom stereocenters. The van der Waals surface area contributed by atoms with E-state index in [4.69, 9.17) is 4.74 Å². The molecule has 5 heteroatoms. The van der Waals surface area contributed by atoms with Crippen LogP contribution in [0.4, 0.5) is 5.69 Å². The van der Waals surface area contributed by atoms with Crippen molar-refractivity contribution in [1.82, 2.24) is 0 Å². The van der Waals surface area contributed by atoms with Crippen molar-refractivity contribution in [3.63, 3.8) is 0 Å². The van der Waals surface area contributed by atoms with Crippen LogP contribution in [-0.2, 0) is 0 Å². The van der Waals surface area contributed by atoms with E-state index < -0.39 is 4.92 Å². The molecule has 1 aromatic carbocycles. The molecule has 19 heavy (non-hydrogen) atoms. The third kappa shape index (κ3) is 5.59. The molecule has 0 heterocycles. The summed E-state index contributed by atoms with van der Waals surface area (Å²) in [7, 11) is 0. The van der Waals surface area contributed by atoms with Gasteiger partial charge in [-0.3, -0.25) is 10.1 Å². The van der Waals surface area contributed by atoms with Crippen molar-refractivity contribution in [2.24, 2.45) is 0 Å². The van der Waals surface area contributed by atoms with Gasteiger partial charge in [0.25, 0.3) is 5.69 Å². The molecule has 0 saturated carbocycles. The van der Waals surface area contributed by atoms with E-state index in [1.54, 1.807) is 12.1 Å². The first-order valence-electron chi connectivity index (χ1n) is 6.65. The van der Waals surface area contributed by atoms with E-state index in [1.165, 1.54) is 25.3 Å². The summed E-state index contributed by atoms with van der Waals surface area (Å²) in [5, 5.41) is 10.8. The molecule has 0 aromatic heterocycles. The summed E-state index contributed by atoms with van der Waals surface area (Å²) < 4.78 is 6.19. The number of nitro groups is 1. The second kappa shape index (κ2) is 8.15. The number of halogens is 1. The Balaban J connectivity index is 2.52. The number of ether oxygens (including phenoxy) is 1. The zero-order valence-electron chi connectivity index (χ0n) is 11.4. The molecule has 0 aliphatic carbocycles. The first kappa shape index (κ1) is 16.0. The predicted octanol–water partition coefficient (Wildman–Crippen LogP) is 5.10. The van der Waals surface area contributed by atoms with Crippen LogP contribution in [-0.4, -0.2) is 11.0 Å². The van der Waals surface area contributed by atoms with Crippen molar-refractivity contribution >= 4 is 21.6 Å². The summed E-state index contributed by atoms with van der Waals surface area (Å²) in [6.07, 6.45) is 5.87. The minimum atomic E-state index is -0.414. The van der Waals surface area contributed by atoms with Crippen molar-refractivity contribution < 1.29 is 9.66 Å². The number of rotatable bonds is 8. The van der Waals surface area contributed by atoms with Gasteiger partial charge in [0, 0.05) is 0 Å². The molecule has 4 nitrogen and oxygen atoms in total. The second-order valence-corrected chi connectivity index (χ2v) is 5.50. The molecule has 0 aliphatic rings. The molecule has 0 amide bonds. The van der Waals surface area contributed by atoms with Gasteiger partial charge in [0.05, 0.1) is 21.6 Å². The monoisotopic (exact) mass is 329 g/mol. The Labute approximate surface area is 122 Å². The fourth-order valence-electron chi connectivity index (χ4n) is 1.86. The number of hydrogen-bond acceptors (Lipinski definition) is 3. The van der Waals surface area contributed by atoms with Crippen molar-refractivity contribution in [1.29, 1.82) is 0 Å². The maximum atomic E-state index is 10.8. The molecular weight excluding hydrogens is 310 g/mol. The van der Waals surface area contributed by atoms with Crippen LogP contribution in [0.5, 0.6) is 5.75 Å². The Kier molecular flexibility index (Phi) is 6.84. The lowest BCUT2D eigenvalue weighted by Crippen LogP contribution is -2.11. The maximum Gasteiger partial charge on any atom is 0.287 e. The minimum absolute atomic E-state index is 0.0377. The van der Waals surface area contributed by atoms with Gasteiger partial charge in [-0.05, 0) is 47.8 Å². The van der Waals surface area contributed by atoms with Gasteiger partial charge in [-0.1, -0.05) is 26.2 Å². The zero-order chi connectivity index (χ0) is 14.3. The Bertz CT molecular complexity index is 423. The number of benzene rings is 1. The molecule has 0 bridgehead atoms. The highest BCUT2D eigenvalue weighted by Gasteiger charge is 2.14. The van der Waals surface area contributed by atoms with Gasteiger partial charge in [-0.25, -0.2) is 0 Å². The zero-order valence-corrected chi connectivity index (χ0v) is 13.0. The van der Waals surface area contributed by atoms with E-state index in [1.807, 2.05) is 6.92 Å². The smallest absolute Gasteiger partial charge is 0.287 e. The minimum Gasteiger partial charge on any atom is -0.490 e. The lowest BCUT2D eigenvalue weighted by atomic mass is 10.1. The fourth-order valence-corrected chi connectivity index (χ4v) is 2.25. The van der Waals surface area contributed by atoms with Crippen molar-refractivity contribution in [3.8, 4) is 5.75 Å². The van der Waals surface area contributed by atoms with Gasteiger partial charge in [0.2, 0.25) is 0 Å². The standard InChI is InChI=1S/C14H20BrNO3/c1-3-4-5-6-7-11(2)19-12-8-9-13(15)14(10-12)16(17)18/h8-11H,3-7H2,1-2H3/t11-/m1/s1. The summed E-state index contributed by atoms with van der Waals surface area (Å²) in [5.74, 6) is 0.554. The average Bonchev–Trinajstić information content (AvgIpc) is 2.36. The topological polar surface area (TPSA) is 52.4 Å². The van der Waals surface area contributed by atoms with E-state index in [0.29, 0.717) is 10.2 Å². The summed E-state index contributed by atoms with van der Waals surface area (Å²) in [5.41, 5.74) is 0.0377. The van der Waals surface area contributed by atoms with E-state index in [2.05, 4.69) is 22.9 Å². The van der Waals surface area contributed by atoms with Crippen LogP contribution < -0.4 is 4.74 Å². The van der Waals surface area contributed by atoms with Gasteiger partial charge in [0.1, 0.15) is 5.75 Å². The van der Waals surface area contributed by atoms with Crippen LogP contribution in [0.15, 0.2) is 22.7 Å². The average molecular weight is 330 g/mol. The molecule has 1 aromatic rings. The highest BCUT2D eigenvalue weighted by atomic mass is 79.9. The molecule has 0 radical (unpaired) electrons. The van der Waals surface area contributed by atoms with Crippen LogP contribution in [0.3, 0.4) is 0 Å². The number of hydrogen-bond donors (Lipinski definition) is 0. The van der Waals surface area contributed by atoms with E-state index >= 15 is 0 Å². The van der Waals surface area contributed by atoms with Crippen LogP contribution in [0.25, 0.3) is 0 Å². The predicted molar refractivity (Wildman–Crippen MR) is 79.6 cm³/mol. The molecule has 1 rings (SSSR count). The molecular formula is C14H20BrNO3. The molecule has 0 aliphatic heterocycles. The van der Waals surface area contributed by atoms with Crippen molar-refractivity contribution in [2.45, 2.75) is 52.1 Å². The van der Waals surface area contributed by atoms with Crippen molar-refractivity contribution in [3.05, 3.63) is 32.8 Å². The molecule has 106 valence electrons. The lowest BCUT2D eigenvalue weighted by Gasteiger charge is -2.14. The highest BCUT2D eigenvalue weighted by Crippen LogP contribution is 2.29. The van der Waals surface area contributed by atoms with Gasteiger partial charge in [-0.15, -0.1) is 0 Å². The van der Waals surface area contributed by atoms with E-state index in [0.717, 1.165) is 12.8 Å². The Hall–Kier alpha value is -1.10. The third-order valence-electron chi connectivity index (χ3n) is 2.92. The van der Waals surface area contributed by atoms with Crippen LogP contribution >= 0.6 is 15.9 Å². The molecule has 0 N–H and O–H groups in total. The van der Waals surface area contributed by atoms with Gasteiger partial charge < -0.3 is 4.74 Å². The molecule has 0 spiro atoms. The van der Waals surface area contributed by atoms with Crippen molar-refractivity contribution in [2.75, 3.05) is 0 Å². The molecule has 0 fully saturated rings. The first-order chi connectivity index (χ1) is 9.04. The van der Waals surface area contributed by atoms with E-state index in [-0.39, 0.29) is 11.8 Å². The maximum absolute atomic E-state index is 10.8. The SMILES string of the molecule is CCCCCC[C@@H](C)Oc1ccc(Br)c([N+](=O)[O-])c1. The van der Waals surface area contributed by atoms with Crippen LogP contribution in [0.1, 0.15) is 46.0 Å². The number of nitrogens with zero attached hydrogens (tertiary/aromatic N) is 1. The number of unbranched alkanes of at least 4 members (excludes halogenated alkanes) is 3. The second-order valence-electron chi connectivity index (χ2n) is 4.65. The van der Waals surface area contributed by atoms with Crippen LogP contribution in [0.2, 0.25) is 0 Å².